The molecule has 1 amide bonds. The van der Waals surface area contributed by atoms with Gasteiger partial charge in [-0.15, -0.1) is 0 Å². The van der Waals surface area contributed by atoms with E-state index in [1.165, 1.54) is 12.1 Å². The second kappa shape index (κ2) is 8.75. The second-order valence-corrected chi connectivity index (χ2v) is 7.36. The van der Waals surface area contributed by atoms with Gasteiger partial charge in [-0.05, 0) is 37.1 Å². The monoisotopic (exact) mass is 384 g/mol. The first-order valence-corrected chi connectivity index (χ1v) is 9.85. The zero-order valence-electron chi connectivity index (χ0n) is 15.9. The lowest BCUT2D eigenvalue weighted by Crippen LogP contribution is -2.47. The molecule has 0 spiro atoms. The fraction of sp³-hybridized carbons (Fsp3) is 0.476. The normalized spacial score (nSPS) is 20.9. The van der Waals surface area contributed by atoms with Crippen molar-refractivity contribution in [2.75, 3.05) is 45.9 Å². The summed E-state index contributed by atoms with van der Waals surface area (Å²) in [4.78, 5) is 26.0. The summed E-state index contributed by atoms with van der Waals surface area (Å²) in [6.07, 6.45) is 5.26. The highest BCUT2D eigenvalue weighted by molar-refractivity contribution is 5.78. The number of nitrogens with zero attached hydrogens (tertiary/aromatic N) is 4. The van der Waals surface area contributed by atoms with Crippen molar-refractivity contribution in [1.82, 2.24) is 19.8 Å². The van der Waals surface area contributed by atoms with Crippen molar-refractivity contribution < 1.29 is 13.9 Å². The van der Waals surface area contributed by atoms with E-state index in [4.69, 9.17) is 4.74 Å². The first-order valence-electron chi connectivity index (χ1n) is 9.85. The first-order chi connectivity index (χ1) is 13.7. The largest absolute Gasteiger partial charge is 0.379 e. The van der Waals surface area contributed by atoms with Gasteiger partial charge in [0.25, 0.3) is 0 Å². The van der Waals surface area contributed by atoms with Gasteiger partial charge in [-0.25, -0.2) is 4.39 Å². The predicted octanol–water partition coefficient (Wildman–Crippen LogP) is 2.32. The maximum atomic E-state index is 13.3. The summed E-state index contributed by atoms with van der Waals surface area (Å²) in [5.74, 6) is 0.0294. The number of halogens is 1. The van der Waals surface area contributed by atoms with Crippen LogP contribution in [0.25, 0.3) is 11.3 Å². The number of benzene rings is 1. The van der Waals surface area contributed by atoms with Crippen molar-refractivity contribution in [1.29, 1.82) is 0 Å². The topological polar surface area (TPSA) is 58.6 Å². The maximum Gasteiger partial charge on any atom is 0.236 e. The van der Waals surface area contributed by atoms with Gasteiger partial charge in [-0.2, -0.15) is 0 Å². The van der Waals surface area contributed by atoms with Gasteiger partial charge in [0.15, 0.2) is 0 Å². The van der Waals surface area contributed by atoms with Crippen LogP contribution in [0.2, 0.25) is 0 Å². The Morgan fingerprint density at radius 1 is 1.11 bits per heavy atom. The minimum absolute atomic E-state index is 0.135. The van der Waals surface area contributed by atoms with E-state index in [0.29, 0.717) is 26.3 Å². The van der Waals surface area contributed by atoms with Crippen molar-refractivity contribution in [2.45, 2.75) is 18.8 Å². The van der Waals surface area contributed by atoms with Crippen molar-refractivity contribution in [3.05, 3.63) is 48.2 Å². The van der Waals surface area contributed by atoms with Gasteiger partial charge >= 0.3 is 0 Å². The van der Waals surface area contributed by atoms with Crippen molar-refractivity contribution in [3.8, 4) is 11.3 Å². The highest BCUT2D eigenvalue weighted by Gasteiger charge is 2.29. The van der Waals surface area contributed by atoms with Crippen LogP contribution >= 0.6 is 0 Å². The van der Waals surface area contributed by atoms with Crippen LogP contribution in [0.1, 0.15) is 24.5 Å². The molecule has 0 radical (unpaired) electrons. The molecule has 148 valence electrons. The number of hydrogen-bond acceptors (Lipinski definition) is 5. The quantitative estimate of drug-likeness (QED) is 0.810. The molecule has 0 bridgehead atoms. The van der Waals surface area contributed by atoms with Gasteiger partial charge in [0, 0.05) is 50.1 Å². The third kappa shape index (κ3) is 4.36. The number of rotatable bonds is 4. The van der Waals surface area contributed by atoms with Crippen LogP contribution in [0.5, 0.6) is 0 Å². The second-order valence-electron chi connectivity index (χ2n) is 7.36. The fourth-order valence-corrected chi connectivity index (χ4v) is 3.96. The molecule has 0 aliphatic carbocycles. The average molecular weight is 384 g/mol. The van der Waals surface area contributed by atoms with Crippen molar-refractivity contribution in [3.63, 3.8) is 0 Å². The molecule has 0 unspecified atom stereocenters. The number of ether oxygens (including phenoxy) is 1. The minimum Gasteiger partial charge on any atom is -0.379 e. The van der Waals surface area contributed by atoms with E-state index in [-0.39, 0.29) is 17.6 Å². The molecule has 1 atom stereocenters. The lowest BCUT2D eigenvalue weighted by atomic mass is 9.91. The molecule has 2 aliphatic heterocycles. The van der Waals surface area contributed by atoms with Crippen molar-refractivity contribution in [2.24, 2.45) is 0 Å². The number of piperidine rings is 1. The maximum absolute atomic E-state index is 13.3. The summed E-state index contributed by atoms with van der Waals surface area (Å²) < 4.78 is 18.7. The van der Waals surface area contributed by atoms with E-state index in [9.17, 15) is 9.18 Å². The molecule has 1 aromatic carbocycles. The Bertz CT molecular complexity index is 808. The highest BCUT2D eigenvalue weighted by atomic mass is 19.1. The van der Waals surface area contributed by atoms with Crippen LogP contribution in [-0.2, 0) is 9.53 Å². The predicted molar refractivity (Wildman–Crippen MR) is 103 cm³/mol. The molecular weight excluding hydrogens is 359 g/mol. The van der Waals surface area contributed by atoms with Gasteiger partial charge in [0.05, 0.1) is 31.1 Å². The van der Waals surface area contributed by atoms with E-state index in [2.05, 4.69) is 14.9 Å². The Morgan fingerprint density at radius 2 is 1.86 bits per heavy atom. The Kier molecular flexibility index (Phi) is 5.92. The number of likely N-dealkylation sites (tertiary alicyclic amines) is 1. The lowest BCUT2D eigenvalue weighted by Gasteiger charge is -2.35. The van der Waals surface area contributed by atoms with Gasteiger partial charge in [0.2, 0.25) is 5.91 Å². The number of carbonyl (C=O) groups excluding carboxylic acids is 1. The summed E-state index contributed by atoms with van der Waals surface area (Å²) in [5, 5.41) is 0. The smallest absolute Gasteiger partial charge is 0.236 e. The van der Waals surface area contributed by atoms with Crippen LogP contribution in [0, 0.1) is 5.82 Å². The Labute approximate surface area is 164 Å². The molecule has 3 heterocycles. The van der Waals surface area contributed by atoms with Crippen LogP contribution in [0.15, 0.2) is 36.7 Å². The van der Waals surface area contributed by atoms with Gasteiger partial charge < -0.3 is 9.64 Å². The van der Waals surface area contributed by atoms with E-state index in [0.717, 1.165) is 49.4 Å². The number of morpholine rings is 1. The Hall–Kier alpha value is -2.38. The average Bonchev–Trinajstić information content (AvgIpc) is 2.75. The van der Waals surface area contributed by atoms with Gasteiger partial charge in [0.1, 0.15) is 5.82 Å². The lowest BCUT2D eigenvalue weighted by molar-refractivity contribution is -0.134. The van der Waals surface area contributed by atoms with Crippen molar-refractivity contribution >= 4 is 5.91 Å². The summed E-state index contributed by atoms with van der Waals surface area (Å²) in [6.45, 7) is 4.88. The third-order valence-electron chi connectivity index (χ3n) is 5.47. The highest BCUT2D eigenvalue weighted by Crippen LogP contribution is 2.31. The molecule has 2 aromatic rings. The first kappa shape index (κ1) is 19.0. The number of hydrogen-bond donors (Lipinski definition) is 0. The molecule has 4 rings (SSSR count). The van der Waals surface area contributed by atoms with Gasteiger partial charge in [-0.1, -0.05) is 0 Å². The zero-order chi connectivity index (χ0) is 19.3. The van der Waals surface area contributed by atoms with Crippen LogP contribution in [0.4, 0.5) is 4.39 Å². The molecule has 6 nitrogen and oxygen atoms in total. The molecule has 2 fully saturated rings. The standard InChI is InChI=1S/C21H25FN4O2/c22-18-5-3-16(4-6-18)20-21(24-8-7-23-20)17-2-1-9-26(14-17)19(27)15-25-10-12-28-13-11-25/h3-8,17H,1-2,9-15H2/t17-/m0/s1. The zero-order valence-corrected chi connectivity index (χ0v) is 15.9. The van der Waals surface area contributed by atoms with Crippen LogP contribution in [-0.4, -0.2) is 71.6 Å². The molecule has 2 aliphatic rings. The minimum atomic E-state index is -0.272. The fourth-order valence-electron chi connectivity index (χ4n) is 3.96. The Morgan fingerprint density at radius 3 is 2.64 bits per heavy atom. The summed E-state index contributed by atoms with van der Waals surface area (Å²) in [5.41, 5.74) is 2.51. The molecule has 28 heavy (non-hydrogen) atoms. The van der Waals surface area contributed by atoms with Gasteiger partial charge in [-0.3, -0.25) is 19.7 Å². The number of amides is 1. The summed E-state index contributed by atoms with van der Waals surface area (Å²) >= 11 is 0. The summed E-state index contributed by atoms with van der Waals surface area (Å²) in [7, 11) is 0. The molecule has 0 N–H and O–H groups in total. The SMILES string of the molecule is O=C(CN1CCOCC1)N1CCC[C@H](c2nccnc2-c2ccc(F)cc2)C1. The van der Waals surface area contributed by atoms with E-state index in [1.54, 1.807) is 24.5 Å². The molecular formula is C21H25FN4O2. The third-order valence-corrected chi connectivity index (χ3v) is 5.47. The van der Waals surface area contributed by atoms with Crippen LogP contribution in [0.3, 0.4) is 0 Å². The molecule has 2 saturated heterocycles. The van der Waals surface area contributed by atoms with E-state index < -0.39 is 0 Å². The summed E-state index contributed by atoms with van der Waals surface area (Å²) in [6, 6.07) is 6.33. The van der Waals surface area contributed by atoms with E-state index in [1.807, 2.05) is 4.90 Å². The molecule has 1 aromatic heterocycles. The Balaban J connectivity index is 1.49. The number of carbonyl (C=O) groups is 1. The van der Waals surface area contributed by atoms with Crippen LogP contribution < -0.4 is 0 Å². The molecule has 0 saturated carbocycles. The molecule has 7 heteroatoms. The van der Waals surface area contributed by atoms with E-state index >= 15 is 0 Å². The number of aromatic nitrogens is 2.